The number of nitrogens with one attached hydrogen (secondary N) is 1. The Labute approximate surface area is 171 Å². The number of rotatable bonds is 4. The SMILES string of the molecule is Cc1ccc2cccc(Oc3ncnc(Nc4cc(Cl)cc(Cl)c4)c3N)c2n1. The van der Waals surface area contributed by atoms with Crippen molar-refractivity contribution in [1.82, 2.24) is 15.0 Å². The second-order valence-corrected chi connectivity index (χ2v) is 6.98. The topological polar surface area (TPSA) is 86.0 Å². The highest BCUT2D eigenvalue weighted by molar-refractivity contribution is 6.35. The minimum absolute atomic E-state index is 0.224. The lowest BCUT2D eigenvalue weighted by Crippen LogP contribution is -2.03. The van der Waals surface area contributed by atoms with Gasteiger partial charge in [0.05, 0.1) is 0 Å². The molecule has 2 aromatic heterocycles. The molecule has 0 atom stereocenters. The second kappa shape index (κ2) is 7.50. The van der Waals surface area contributed by atoms with Crippen LogP contribution in [0, 0.1) is 6.92 Å². The van der Waals surface area contributed by atoms with E-state index in [1.807, 2.05) is 37.3 Å². The fourth-order valence-corrected chi connectivity index (χ4v) is 3.25. The molecule has 0 saturated carbocycles. The van der Waals surface area contributed by atoms with Crippen molar-refractivity contribution in [3.8, 4) is 11.6 Å². The van der Waals surface area contributed by atoms with E-state index in [1.165, 1.54) is 6.33 Å². The van der Waals surface area contributed by atoms with Crippen molar-refractivity contribution in [2.45, 2.75) is 6.92 Å². The number of ether oxygens (including phenoxy) is 1. The van der Waals surface area contributed by atoms with Gasteiger partial charge in [-0.3, -0.25) is 0 Å². The number of para-hydroxylation sites is 1. The molecule has 0 unspecified atom stereocenters. The van der Waals surface area contributed by atoms with Crippen LogP contribution in [0.15, 0.2) is 54.9 Å². The number of hydrogen-bond donors (Lipinski definition) is 2. The fraction of sp³-hybridized carbons (Fsp3) is 0.0500. The Balaban J connectivity index is 1.69. The Hall–Kier alpha value is -3.09. The van der Waals surface area contributed by atoms with E-state index in [0.29, 0.717) is 27.3 Å². The number of nitrogens with zero attached hydrogens (tertiary/aromatic N) is 3. The van der Waals surface area contributed by atoms with Crippen molar-refractivity contribution >= 4 is 51.3 Å². The summed E-state index contributed by atoms with van der Waals surface area (Å²) in [6, 6.07) is 14.7. The summed E-state index contributed by atoms with van der Waals surface area (Å²) in [6.07, 6.45) is 1.37. The van der Waals surface area contributed by atoms with Crippen LogP contribution in [-0.2, 0) is 0 Å². The van der Waals surface area contributed by atoms with E-state index in [2.05, 4.69) is 20.3 Å². The number of pyridine rings is 1. The van der Waals surface area contributed by atoms with Crippen LogP contribution in [-0.4, -0.2) is 15.0 Å². The second-order valence-electron chi connectivity index (χ2n) is 6.11. The van der Waals surface area contributed by atoms with Gasteiger partial charge >= 0.3 is 0 Å². The summed E-state index contributed by atoms with van der Waals surface area (Å²) < 4.78 is 5.97. The molecule has 6 nitrogen and oxygen atoms in total. The predicted molar refractivity (Wildman–Crippen MR) is 113 cm³/mol. The van der Waals surface area contributed by atoms with Gasteiger partial charge in [0.1, 0.15) is 17.5 Å². The molecule has 0 fully saturated rings. The summed E-state index contributed by atoms with van der Waals surface area (Å²) in [5.41, 5.74) is 8.75. The first kappa shape index (κ1) is 18.3. The molecule has 4 rings (SSSR count). The standard InChI is InChI=1S/C20H15Cl2N5O/c1-11-5-6-12-3-2-4-16(18(12)26-11)28-20-17(23)19(24-10-25-20)27-15-8-13(21)7-14(22)9-15/h2-10H,23H2,1H3,(H,24,25,27). The van der Waals surface area contributed by atoms with Crippen LogP contribution < -0.4 is 15.8 Å². The number of fused-ring (bicyclic) bond motifs is 1. The van der Waals surface area contributed by atoms with Gasteiger partial charge in [-0.15, -0.1) is 0 Å². The number of aromatic nitrogens is 3. The molecular weight excluding hydrogens is 397 g/mol. The van der Waals surface area contributed by atoms with Crippen molar-refractivity contribution in [1.29, 1.82) is 0 Å². The summed E-state index contributed by atoms with van der Waals surface area (Å²) in [5.74, 6) is 1.16. The number of anilines is 3. The molecule has 0 amide bonds. The van der Waals surface area contributed by atoms with Gasteiger partial charge in [0, 0.05) is 26.8 Å². The van der Waals surface area contributed by atoms with E-state index in [9.17, 15) is 0 Å². The molecule has 2 heterocycles. The highest BCUT2D eigenvalue weighted by Crippen LogP contribution is 2.34. The van der Waals surface area contributed by atoms with Crippen molar-refractivity contribution in [3.63, 3.8) is 0 Å². The quantitative estimate of drug-likeness (QED) is 0.443. The van der Waals surface area contributed by atoms with Gasteiger partial charge in [-0.25, -0.2) is 9.97 Å². The summed E-state index contributed by atoms with van der Waals surface area (Å²) in [4.78, 5) is 12.9. The largest absolute Gasteiger partial charge is 0.435 e. The molecule has 8 heteroatoms. The zero-order chi connectivity index (χ0) is 19.7. The van der Waals surface area contributed by atoms with Gasteiger partial charge in [0.25, 0.3) is 0 Å². The van der Waals surface area contributed by atoms with Gasteiger partial charge in [-0.2, -0.15) is 4.98 Å². The van der Waals surface area contributed by atoms with Crippen LogP contribution in [0.25, 0.3) is 10.9 Å². The number of halogens is 2. The number of hydrogen-bond acceptors (Lipinski definition) is 6. The fourth-order valence-electron chi connectivity index (χ4n) is 2.73. The predicted octanol–water partition coefficient (Wildman–Crippen LogP) is 5.76. The van der Waals surface area contributed by atoms with Crippen molar-refractivity contribution in [3.05, 3.63) is 70.6 Å². The van der Waals surface area contributed by atoms with Crippen LogP contribution in [0.2, 0.25) is 10.0 Å². The molecule has 0 aliphatic heterocycles. The van der Waals surface area contributed by atoms with E-state index in [4.69, 9.17) is 33.7 Å². The van der Waals surface area contributed by atoms with E-state index in [-0.39, 0.29) is 11.6 Å². The maximum Gasteiger partial charge on any atom is 0.248 e. The molecule has 28 heavy (non-hydrogen) atoms. The van der Waals surface area contributed by atoms with Crippen molar-refractivity contribution < 1.29 is 4.74 Å². The van der Waals surface area contributed by atoms with Crippen molar-refractivity contribution in [2.24, 2.45) is 0 Å². The van der Waals surface area contributed by atoms with Crippen LogP contribution in [0.1, 0.15) is 5.69 Å². The molecule has 0 aliphatic carbocycles. The van der Waals surface area contributed by atoms with Crippen LogP contribution in [0.5, 0.6) is 11.6 Å². The number of benzene rings is 2. The van der Waals surface area contributed by atoms with Gasteiger partial charge in [-0.05, 0) is 37.3 Å². The van der Waals surface area contributed by atoms with Crippen molar-refractivity contribution in [2.75, 3.05) is 11.1 Å². The molecule has 0 aliphatic rings. The number of nitrogens with two attached hydrogens (primary N) is 1. The van der Waals surface area contributed by atoms with E-state index in [1.54, 1.807) is 18.2 Å². The van der Waals surface area contributed by atoms with Crippen LogP contribution in [0.4, 0.5) is 17.2 Å². The monoisotopic (exact) mass is 411 g/mol. The van der Waals surface area contributed by atoms with Gasteiger partial charge < -0.3 is 15.8 Å². The highest BCUT2D eigenvalue weighted by atomic mass is 35.5. The van der Waals surface area contributed by atoms with Gasteiger partial charge in [-0.1, -0.05) is 41.4 Å². The normalized spacial score (nSPS) is 10.8. The molecule has 4 aromatic rings. The Morgan fingerprint density at radius 1 is 1.00 bits per heavy atom. The molecule has 0 radical (unpaired) electrons. The third kappa shape index (κ3) is 3.78. The lowest BCUT2D eigenvalue weighted by molar-refractivity contribution is 0.469. The molecule has 0 bridgehead atoms. The zero-order valence-corrected chi connectivity index (χ0v) is 16.3. The molecule has 140 valence electrons. The Kier molecular flexibility index (Phi) is 4.90. The Bertz CT molecular complexity index is 1160. The minimum Gasteiger partial charge on any atom is -0.435 e. The van der Waals surface area contributed by atoms with Crippen LogP contribution in [0.3, 0.4) is 0 Å². The Morgan fingerprint density at radius 2 is 1.79 bits per heavy atom. The van der Waals surface area contributed by atoms with E-state index < -0.39 is 0 Å². The average Bonchev–Trinajstić information content (AvgIpc) is 2.64. The van der Waals surface area contributed by atoms with Gasteiger partial charge in [0.2, 0.25) is 5.88 Å². The maximum absolute atomic E-state index is 6.23. The van der Waals surface area contributed by atoms with E-state index in [0.717, 1.165) is 16.6 Å². The summed E-state index contributed by atoms with van der Waals surface area (Å²) in [7, 11) is 0. The minimum atomic E-state index is 0.224. The zero-order valence-electron chi connectivity index (χ0n) is 14.8. The first-order valence-corrected chi connectivity index (χ1v) is 9.13. The summed E-state index contributed by atoms with van der Waals surface area (Å²) >= 11 is 12.1. The van der Waals surface area contributed by atoms with E-state index >= 15 is 0 Å². The molecule has 0 saturated heterocycles. The lowest BCUT2D eigenvalue weighted by Gasteiger charge is -2.13. The highest BCUT2D eigenvalue weighted by Gasteiger charge is 2.13. The summed E-state index contributed by atoms with van der Waals surface area (Å²) in [6.45, 7) is 1.92. The average molecular weight is 412 g/mol. The van der Waals surface area contributed by atoms with Crippen LogP contribution >= 0.6 is 23.2 Å². The van der Waals surface area contributed by atoms with Gasteiger partial charge in [0.15, 0.2) is 11.6 Å². The first-order valence-electron chi connectivity index (χ1n) is 8.37. The Morgan fingerprint density at radius 3 is 2.57 bits per heavy atom. The molecular formula is C20H15Cl2N5O. The smallest absolute Gasteiger partial charge is 0.248 e. The first-order chi connectivity index (χ1) is 13.5. The summed E-state index contributed by atoms with van der Waals surface area (Å²) in [5, 5.41) is 5.04. The number of aryl methyl sites for hydroxylation is 1. The molecule has 3 N–H and O–H groups in total. The number of nitrogen functional groups attached to an aromatic ring is 1. The molecule has 2 aromatic carbocycles. The lowest BCUT2D eigenvalue weighted by atomic mass is 10.2. The maximum atomic E-state index is 6.23. The third-order valence-corrected chi connectivity index (χ3v) is 4.44. The third-order valence-electron chi connectivity index (χ3n) is 4.00. The molecule has 0 spiro atoms.